The van der Waals surface area contributed by atoms with Crippen LogP contribution in [0.4, 0.5) is 0 Å². The van der Waals surface area contributed by atoms with Crippen LogP contribution in [0, 0.1) is 24.2 Å². The van der Waals surface area contributed by atoms with E-state index in [2.05, 4.69) is 28.3 Å². The first-order valence-corrected chi connectivity index (χ1v) is 3.80. The summed E-state index contributed by atoms with van der Waals surface area (Å²) in [6.07, 6.45) is 6.89. The summed E-state index contributed by atoms with van der Waals surface area (Å²) in [5.41, 5.74) is 0. The number of hydrogen-bond acceptors (Lipinski definition) is 2. The lowest BCUT2D eigenvalue weighted by atomic mass is 10.3. The Balaban J connectivity index is 1.95. The van der Waals surface area contributed by atoms with Crippen molar-refractivity contribution < 1.29 is 4.84 Å². The monoisotopic (exact) mass is 150 g/mol. The van der Waals surface area contributed by atoms with Gasteiger partial charge in [0.15, 0.2) is 0 Å². The summed E-state index contributed by atoms with van der Waals surface area (Å²) in [5.74, 6) is 6.80. The molecular weight excluding hydrogens is 138 g/mol. The van der Waals surface area contributed by atoms with Crippen LogP contribution in [-0.2, 0) is 4.84 Å². The number of hydrogen-bond donors (Lipinski definition) is 0. The Morgan fingerprint density at radius 2 is 2.64 bits per heavy atom. The third-order valence-corrected chi connectivity index (χ3v) is 1.34. The predicted molar refractivity (Wildman–Crippen MR) is 44.9 cm³/mol. The van der Waals surface area contributed by atoms with Gasteiger partial charge < -0.3 is 4.84 Å². The Morgan fingerprint density at radius 3 is 3.27 bits per heavy atom. The van der Waals surface area contributed by atoms with Crippen molar-refractivity contribution in [3.8, 4) is 11.8 Å². The summed E-state index contributed by atoms with van der Waals surface area (Å²) < 4.78 is 0. The SMILES string of the molecule is CON=CCCC#CC1[CH]C1. The molecule has 0 bridgehead atoms. The molecule has 0 spiro atoms. The minimum absolute atomic E-state index is 0.592. The Hall–Kier alpha value is -0.970. The molecule has 1 unspecified atom stereocenters. The maximum absolute atomic E-state index is 4.50. The second-order valence-electron chi connectivity index (χ2n) is 2.41. The highest BCUT2D eigenvalue weighted by atomic mass is 16.6. The Kier molecular flexibility index (Phi) is 3.54. The van der Waals surface area contributed by atoms with E-state index in [1.165, 1.54) is 6.42 Å². The summed E-state index contributed by atoms with van der Waals surface area (Å²) in [4.78, 5) is 4.50. The van der Waals surface area contributed by atoms with Gasteiger partial charge in [0.05, 0.1) is 0 Å². The predicted octanol–water partition coefficient (Wildman–Crippen LogP) is 1.63. The van der Waals surface area contributed by atoms with E-state index in [0.717, 1.165) is 12.8 Å². The zero-order chi connectivity index (χ0) is 7.94. The molecule has 1 aliphatic carbocycles. The minimum atomic E-state index is 0.592. The molecule has 1 atom stereocenters. The van der Waals surface area contributed by atoms with Crippen LogP contribution in [0.5, 0.6) is 0 Å². The van der Waals surface area contributed by atoms with Crippen molar-refractivity contribution in [1.29, 1.82) is 0 Å². The van der Waals surface area contributed by atoms with Crippen LogP contribution >= 0.6 is 0 Å². The molecule has 0 amide bonds. The van der Waals surface area contributed by atoms with Crippen LogP contribution in [0.3, 0.4) is 0 Å². The van der Waals surface area contributed by atoms with E-state index < -0.39 is 0 Å². The van der Waals surface area contributed by atoms with Crippen molar-refractivity contribution in [2.45, 2.75) is 19.3 Å². The number of unbranched alkanes of at least 4 members (excludes halogenated alkanes) is 1. The van der Waals surface area contributed by atoms with Crippen LogP contribution < -0.4 is 0 Å². The molecule has 1 rings (SSSR count). The van der Waals surface area contributed by atoms with E-state index in [-0.39, 0.29) is 0 Å². The molecule has 0 heterocycles. The van der Waals surface area contributed by atoms with Crippen molar-refractivity contribution in [2.75, 3.05) is 7.11 Å². The lowest BCUT2D eigenvalue weighted by molar-refractivity contribution is 0.214. The van der Waals surface area contributed by atoms with Gasteiger partial charge in [0.25, 0.3) is 0 Å². The number of rotatable bonds is 3. The van der Waals surface area contributed by atoms with Crippen LogP contribution in [0.1, 0.15) is 19.3 Å². The van der Waals surface area contributed by atoms with E-state index in [0.29, 0.717) is 5.92 Å². The highest BCUT2D eigenvalue weighted by Crippen LogP contribution is 2.25. The van der Waals surface area contributed by atoms with E-state index >= 15 is 0 Å². The first kappa shape index (κ1) is 8.13. The summed E-state index contributed by atoms with van der Waals surface area (Å²) in [5, 5.41) is 3.60. The summed E-state index contributed by atoms with van der Waals surface area (Å²) >= 11 is 0. The van der Waals surface area contributed by atoms with Gasteiger partial charge >= 0.3 is 0 Å². The molecule has 11 heavy (non-hydrogen) atoms. The molecule has 0 aromatic heterocycles. The maximum atomic E-state index is 4.50. The fourth-order valence-corrected chi connectivity index (χ4v) is 0.653. The molecule has 0 aromatic rings. The maximum Gasteiger partial charge on any atom is 0.106 e. The van der Waals surface area contributed by atoms with Crippen molar-refractivity contribution >= 4 is 6.21 Å². The largest absolute Gasteiger partial charge is 0.399 e. The Labute approximate surface area is 67.6 Å². The minimum Gasteiger partial charge on any atom is -0.399 e. The second-order valence-corrected chi connectivity index (χ2v) is 2.41. The van der Waals surface area contributed by atoms with Gasteiger partial charge in [0.2, 0.25) is 0 Å². The van der Waals surface area contributed by atoms with Gasteiger partial charge in [-0.3, -0.25) is 0 Å². The second kappa shape index (κ2) is 4.79. The summed E-state index contributed by atoms with van der Waals surface area (Å²) in [6, 6.07) is 0. The van der Waals surface area contributed by atoms with Crippen molar-refractivity contribution in [1.82, 2.24) is 0 Å². The highest BCUT2D eigenvalue weighted by molar-refractivity contribution is 5.56. The van der Waals surface area contributed by atoms with Gasteiger partial charge in [0, 0.05) is 18.6 Å². The smallest absolute Gasteiger partial charge is 0.106 e. The molecular formula is C9H12NO. The molecule has 2 nitrogen and oxygen atoms in total. The first-order chi connectivity index (χ1) is 5.43. The quantitative estimate of drug-likeness (QED) is 0.259. The summed E-state index contributed by atoms with van der Waals surface area (Å²) in [7, 11) is 1.54. The van der Waals surface area contributed by atoms with Crippen LogP contribution in [0.2, 0.25) is 0 Å². The first-order valence-electron chi connectivity index (χ1n) is 3.80. The molecule has 1 saturated carbocycles. The molecule has 1 fully saturated rings. The lowest BCUT2D eigenvalue weighted by Gasteiger charge is -1.83. The van der Waals surface area contributed by atoms with Gasteiger partial charge in [-0.05, 0) is 19.3 Å². The average molecular weight is 150 g/mol. The van der Waals surface area contributed by atoms with E-state index in [4.69, 9.17) is 0 Å². The van der Waals surface area contributed by atoms with Gasteiger partial charge in [0.1, 0.15) is 7.11 Å². The van der Waals surface area contributed by atoms with Crippen molar-refractivity contribution in [2.24, 2.45) is 11.1 Å². The van der Waals surface area contributed by atoms with Gasteiger partial charge in [-0.2, -0.15) is 0 Å². The standard InChI is InChI=1S/C9H12NO/c1-11-10-8-4-2-3-5-9-6-7-9/h6,8-9H,2,4,7H2,1H3. The van der Waals surface area contributed by atoms with Crippen LogP contribution in [0.15, 0.2) is 5.16 Å². The molecule has 0 aromatic carbocycles. The third-order valence-electron chi connectivity index (χ3n) is 1.34. The third kappa shape index (κ3) is 4.44. The number of oxime groups is 1. The summed E-state index contributed by atoms with van der Waals surface area (Å²) in [6.45, 7) is 0. The molecule has 2 heteroatoms. The highest BCUT2D eigenvalue weighted by Gasteiger charge is 2.17. The van der Waals surface area contributed by atoms with Gasteiger partial charge in [-0.25, -0.2) is 0 Å². The van der Waals surface area contributed by atoms with Crippen LogP contribution in [-0.4, -0.2) is 13.3 Å². The normalized spacial score (nSPS) is 16.1. The zero-order valence-corrected chi connectivity index (χ0v) is 6.71. The van der Waals surface area contributed by atoms with Crippen LogP contribution in [0.25, 0.3) is 0 Å². The fourth-order valence-electron chi connectivity index (χ4n) is 0.653. The van der Waals surface area contributed by atoms with Crippen molar-refractivity contribution in [3.63, 3.8) is 0 Å². The molecule has 0 saturated heterocycles. The van der Waals surface area contributed by atoms with E-state index in [1.807, 2.05) is 0 Å². The van der Waals surface area contributed by atoms with E-state index in [1.54, 1.807) is 13.3 Å². The molecule has 0 aliphatic heterocycles. The zero-order valence-electron chi connectivity index (χ0n) is 6.71. The topological polar surface area (TPSA) is 21.6 Å². The lowest BCUT2D eigenvalue weighted by Crippen LogP contribution is -1.75. The Bertz CT molecular complexity index is 183. The fraction of sp³-hybridized carbons (Fsp3) is 0.556. The molecule has 0 N–H and O–H groups in total. The molecule has 1 radical (unpaired) electrons. The van der Waals surface area contributed by atoms with Crippen molar-refractivity contribution in [3.05, 3.63) is 6.42 Å². The van der Waals surface area contributed by atoms with E-state index in [9.17, 15) is 0 Å². The Morgan fingerprint density at radius 1 is 1.82 bits per heavy atom. The van der Waals surface area contributed by atoms with Gasteiger partial charge in [-0.1, -0.05) is 11.1 Å². The average Bonchev–Trinajstić information content (AvgIpc) is 2.80. The molecule has 1 aliphatic rings. The van der Waals surface area contributed by atoms with Gasteiger partial charge in [-0.15, -0.1) is 5.92 Å². The number of nitrogens with zero attached hydrogens (tertiary/aromatic N) is 1. The molecule has 59 valence electrons.